The number of benzene rings is 1. The molecule has 1 aliphatic carbocycles. The van der Waals surface area contributed by atoms with Crippen LogP contribution in [-0.4, -0.2) is 63.2 Å². The van der Waals surface area contributed by atoms with Crippen molar-refractivity contribution in [3.8, 4) is 6.07 Å². The number of nitrogens with one attached hydrogen (secondary N) is 1. The number of nitrogens with zero attached hydrogens (tertiary/aromatic N) is 5. The topological polar surface area (TPSA) is 98.0 Å². The highest BCUT2D eigenvalue weighted by atomic mass is 16.2. The van der Waals surface area contributed by atoms with E-state index < -0.39 is 0 Å². The molecule has 2 aromatic heterocycles. The molecule has 32 heavy (non-hydrogen) atoms. The molecule has 0 radical (unpaired) electrons. The van der Waals surface area contributed by atoms with E-state index in [4.69, 9.17) is 5.26 Å². The lowest BCUT2D eigenvalue weighted by atomic mass is 10.0. The maximum Gasteiger partial charge on any atom is 0.259 e. The fraction of sp³-hybridized carbons (Fsp3) is 0.500. The molecule has 1 saturated heterocycles. The lowest BCUT2D eigenvalue weighted by molar-refractivity contribution is 0.0639. The first-order chi connectivity index (χ1) is 15.6. The van der Waals surface area contributed by atoms with Gasteiger partial charge in [-0.05, 0) is 37.5 Å². The minimum absolute atomic E-state index is 0.0237. The standard InChI is InChI=1S/C24H28N6O2/c1-16-13-21-19(14-18(16)24(32)29-11-9-28(10-12-29)8-4-7-25)22-20(23(31)27-21)15-26-30(22)17-5-2-3-6-17/h13-15,17H,2-6,8-12H2,1H3,(H,27,31). The Hall–Kier alpha value is -3.18. The van der Waals surface area contributed by atoms with Gasteiger partial charge in [-0.2, -0.15) is 10.4 Å². The number of hydrogen-bond donors (Lipinski definition) is 1. The second kappa shape index (κ2) is 8.40. The number of aryl methyl sites for hydroxylation is 1. The summed E-state index contributed by atoms with van der Waals surface area (Å²) in [6.45, 7) is 5.56. The van der Waals surface area contributed by atoms with Crippen LogP contribution in [0.4, 0.5) is 0 Å². The third-order valence-electron chi connectivity index (χ3n) is 7.01. The highest BCUT2D eigenvalue weighted by Crippen LogP contribution is 2.34. The third kappa shape index (κ3) is 3.56. The monoisotopic (exact) mass is 432 g/mol. The summed E-state index contributed by atoms with van der Waals surface area (Å²) in [5.74, 6) is 0.0237. The Bertz CT molecular complexity index is 1270. The summed E-state index contributed by atoms with van der Waals surface area (Å²) >= 11 is 0. The Labute approximate surface area is 186 Å². The van der Waals surface area contributed by atoms with Gasteiger partial charge in [0.05, 0.1) is 34.7 Å². The van der Waals surface area contributed by atoms with Gasteiger partial charge in [0, 0.05) is 50.1 Å². The Morgan fingerprint density at radius 2 is 1.94 bits per heavy atom. The molecule has 1 aliphatic heterocycles. The van der Waals surface area contributed by atoms with Crippen LogP contribution in [0.25, 0.3) is 21.8 Å². The Balaban J connectivity index is 1.52. The summed E-state index contributed by atoms with van der Waals surface area (Å²) in [7, 11) is 0. The van der Waals surface area contributed by atoms with Crippen LogP contribution in [0.2, 0.25) is 0 Å². The summed E-state index contributed by atoms with van der Waals surface area (Å²) in [6, 6.07) is 6.35. The largest absolute Gasteiger partial charge is 0.336 e. The number of aromatic nitrogens is 3. The second-order valence-corrected chi connectivity index (χ2v) is 9.00. The van der Waals surface area contributed by atoms with Crippen molar-refractivity contribution in [1.82, 2.24) is 24.6 Å². The van der Waals surface area contributed by atoms with E-state index in [0.29, 0.717) is 36.5 Å². The smallest absolute Gasteiger partial charge is 0.259 e. The number of hydrogen-bond acceptors (Lipinski definition) is 5. The van der Waals surface area contributed by atoms with Gasteiger partial charge >= 0.3 is 0 Å². The van der Waals surface area contributed by atoms with Gasteiger partial charge in [0.15, 0.2) is 0 Å². The maximum atomic E-state index is 13.4. The van der Waals surface area contributed by atoms with Crippen molar-refractivity contribution in [2.24, 2.45) is 0 Å². The van der Waals surface area contributed by atoms with Crippen LogP contribution in [0.5, 0.6) is 0 Å². The zero-order chi connectivity index (χ0) is 22.2. The van der Waals surface area contributed by atoms with Crippen molar-refractivity contribution in [3.05, 3.63) is 39.8 Å². The summed E-state index contributed by atoms with van der Waals surface area (Å²) in [5, 5.41) is 14.8. The van der Waals surface area contributed by atoms with Crippen LogP contribution in [0.15, 0.2) is 23.1 Å². The van der Waals surface area contributed by atoms with E-state index in [0.717, 1.165) is 54.5 Å². The molecule has 8 heteroatoms. The average molecular weight is 433 g/mol. The fourth-order valence-corrected chi connectivity index (χ4v) is 5.20. The van der Waals surface area contributed by atoms with E-state index in [1.807, 2.05) is 28.6 Å². The number of aromatic amines is 1. The molecule has 8 nitrogen and oxygen atoms in total. The van der Waals surface area contributed by atoms with Crippen LogP contribution in [0.3, 0.4) is 0 Å². The first kappa shape index (κ1) is 20.7. The van der Waals surface area contributed by atoms with Gasteiger partial charge in [-0.25, -0.2) is 0 Å². The van der Waals surface area contributed by atoms with Crippen molar-refractivity contribution in [2.45, 2.75) is 45.1 Å². The lowest BCUT2D eigenvalue weighted by Crippen LogP contribution is -2.48. The van der Waals surface area contributed by atoms with Gasteiger partial charge in [-0.3, -0.25) is 19.2 Å². The SMILES string of the molecule is Cc1cc2[nH]c(=O)c3cnn(C4CCCC4)c3c2cc1C(=O)N1CCN(CCC#N)CC1. The molecule has 2 aliphatic rings. The quantitative estimate of drug-likeness (QED) is 0.683. The minimum Gasteiger partial charge on any atom is -0.336 e. The van der Waals surface area contributed by atoms with E-state index in [-0.39, 0.29) is 11.5 Å². The van der Waals surface area contributed by atoms with Crippen molar-refractivity contribution in [1.29, 1.82) is 5.26 Å². The average Bonchev–Trinajstić information content (AvgIpc) is 3.47. The number of pyridine rings is 1. The molecular weight excluding hydrogens is 404 g/mol. The van der Waals surface area contributed by atoms with Crippen LogP contribution >= 0.6 is 0 Å². The molecule has 0 atom stereocenters. The number of piperazine rings is 1. The Morgan fingerprint density at radius 1 is 1.19 bits per heavy atom. The second-order valence-electron chi connectivity index (χ2n) is 9.00. The highest BCUT2D eigenvalue weighted by Gasteiger charge is 2.25. The predicted octanol–water partition coefficient (Wildman–Crippen LogP) is 2.97. The first-order valence-electron chi connectivity index (χ1n) is 11.5. The molecule has 0 unspecified atom stereocenters. The van der Waals surface area contributed by atoms with Crippen molar-refractivity contribution < 1.29 is 4.79 Å². The van der Waals surface area contributed by atoms with E-state index in [2.05, 4.69) is 21.1 Å². The zero-order valence-corrected chi connectivity index (χ0v) is 18.4. The minimum atomic E-state index is -0.135. The molecule has 0 spiro atoms. The number of carbonyl (C=O) groups is 1. The lowest BCUT2D eigenvalue weighted by Gasteiger charge is -2.34. The van der Waals surface area contributed by atoms with Crippen LogP contribution < -0.4 is 5.56 Å². The molecule has 2 fully saturated rings. The first-order valence-corrected chi connectivity index (χ1v) is 11.5. The Morgan fingerprint density at radius 3 is 2.66 bits per heavy atom. The molecular formula is C24H28N6O2. The van der Waals surface area contributed by atoms with Crippen molar-refractivity contribution in [3.63, 3.8) is 0 Å². The summed E-state index contributed by atoms with van der Waals surface area (Å²) < 4.78 is 2.01. The van der Waals surface area contributed by atoms with Crippen LogP contribution in [0, 0.1) is 18.3 Å². The third-order valence-corrected chi connectivity index (χ3v) is 7.01. The van der Waals surface area contributed by atoms with Crippen LogP contribution in [-0.2, 0) is 0 Å². The molecule has 1 amide bonds. The number of rotatable bonds is 4. The molecule has 3 heterocycles. The summed E-state index contributed by atoms with van der Waals surface area (Å²) in [6.07, 6.45) is 6.67. The maximum absolute atomic E-state index is 13.4. The van der Waals surface area contributed by atoms with Crippen LogP contribution in [0.1, 0.15) is 54.1 Å². The predicted molar refractivity (Wildman–Crippen MR) is 123 cm³/mol. The number of nitriles is 1. The molecule has 3 aromatic rings. The highest BCUT2D eigenvalue weighted by molar-refractivity contribution is 6.07. The van der Waals surface area contributed by atoms with E-state index in [1.165, 1.54) is 12.8 Å². The van der Waals surface area contributed by atoms with Gasteiger partial charge < -0.3 is 9.88 Å². The van der Waals surface area contributed by atoms with Crippen molar-refractivity contribution >= 4 is 27.7 Å². The summed E-state index contributed by atoms with van der Waals surface area (Å²) in [5.41, 5.74) is 2.99. The number of fused-ring (bicyclic) bond motifs is 3. The number of carbonyl (C=O) groups excluding carboxylic acids is 1. The molecule has 1 aromatic carbocycles. The van der Waals surface area contributed by atoms with Gasteiger partial charge in [0.25, 0.3) is 11.5 Å². The molecule has 166 valence electrons. The molecule has 0 bridgehead atoms. The molecule has 1 N–H and O–H groups in total. The molecule has 1 saturated carbocycles. The van der Waals surface area contributed by atoms with E-state index in [1.54, 1.807) is 6.20 Å². The van der Waals surface area contributed by atoms with Gasteiger partial charge in [0.1, 0.15) is 0 Å². The normalized spacial score (nSPS) is 17.9. The Kier molecular flexibility index (Phi) is 5.43. The van der Waals surface area contributed by atoms with Gasteiger partial charge in [-0.15, -0.1) is 0 Å². The zero-order valence-electron chi connectivity index (χ0n) is 18.4. The molecule has 5 rings (SSSR count). The van der Waals surface area contributed by atoms with E-state index in [9.17, 15) is 9.59 Å². The van der Waals surface area contributed by atoms with Gasteiger partial charge in [-0.1, -0.05) is 12.8 Å². The summed E-state index contributed by atoms with van der Waals surface area (Å²) in [4.78, 5) is 33.2. The van der Waals surface area contributed by atoms with Gasteiger partial charge in [0.2, 0.25) is 0 Å². The fourth-order valence-electron chi connectivity index (χ4n) is 5.20. The number of H-pyrrole nitrogens is 1. The van der Waals surface area contributed by atoms with E-state index >= 15 is 0 Å². The number of amides is 1. The van der Waals surface area contributed by atoms with Crippen molar-refractivity contribution in [2.75, 3.05) is 32.7 Å².